The lowest BCUT2D eigenvalue weighted by molar-refractivity contribution is 0.0968. The van der Waals surface area contributed by atoms with Gasteiger partial charge in [0.2, 0.25) is 0 Å². The fourth-order valence-electron chi connectivity index (χ4n) is 1.90. The SMILES string of the molecule is CSc1ncccc1-c1oncc1C(=O)C1CC1. The van der Waals surface area contributed by atoms with Gasteiger partial charge in [0.25, 0.3) is 0 Å². The highest BCUT2D eigenvalue weighted by atomic mass is 32.2. The first-order chi connectivity index (χ1) is 8.81. The smallest absolute Gasteiger partial charge is 0.180 e. The van der Waals surface area contributed by atoms with Gasteiger partial charge in [0.05, 0.1) is 17.3 Å². The molecule has 1 fully saturated rings. The van der Waals surface area contributed by atoms with Crippen molar-refractivity contribution in [3.63, 3.8) is 0 Å². The molecule has 0 bridgehead atoms. The summed E-state index contributed by atoms with van der Waals surface area (Å²) < 4.78 is 5.27. The van der Waals surface area contributed by atoms with Gasteiger partial charge in [-0.3, -0.25) is 4.79 Å². The molecule has 18 heavy (non-hydrogen) atoms. The van der Waals surface area contributed by atoms with E-state index in [9.17, 15) is 4.79 Å². The zero-order chi connectivity index (χ0) is 12.5. The summed E-state index contributed by atoms with van der Waals surface area (Å²) >= 11 is 1.53. The molecule has 0 radical (unpaired) electrons. The lowest BCUT2D eigenvalue weighted by Gasteiger charge is -2.04. The Labute approximate surface area is 109 Å². The van der Waals surface area contributed by atoms with E-state index < -0.39 is 0 Å². The van der Waals surface area contributed by atoms with Gasteiger partial charge in [-0.25, -0.2) is 4.98 Å². The van der Waals surface area contributed by atoms with Gasteiger partial charge in [-0.1, -0.05) is 5.16 Å². The first-order valence-electron chi connectivity index (χ1n) is 5.79. The van der Waals surface area contributed by atoms with Crippen molar-refractivity contribution >= 4 is 17.5 Å². The summed E-state index contributed by atoms with van der Waals surface area (Å²) in [6.07, 6.45) is 7.16. The number of carbonyl (C=O) groups is 1. The molecule has 0 spiro atoms. The largest absolute Gasteiger partial charge is 0.355 e. The van der Waals surface area contributed by atoms with Crippen molar-refractivity contribution in [2.45, 2.75) is 17.9 Å². The first-order valence-corrected chi connectivity index (χ1v) is 7.02. The maximum absolute atomic E-state index is 12.1. The number of nitrogens with zero attached hydrogens (tertiary/aromatic N) is 2. The number of ketones is 1. The van der Waals surface area contributed by atoms with Crippen LogP contribution in [-0.4, -0.2) is 22.2 Å². The molecule has 5 heteroatoms. The predicted octanol–water partition coefficient (Wildman–Crippen LogP) is 3.05. The van der Waals surface area contributed by atoms with E-state index in [0.717, 1.165) is 23.4 Å². The molecular formula is C13H12N2O2S. The van der Waals surface area contributed by atoms with E-state index in [1.807, 2.05) is 18.4 Å². The van der Waals surface area contributed by atoms with Crippen molar-refractivity contribution in [3.05, 3.63) is 30.1 Å². The third kappa shape index (κ3) is 1.95. The first kappa shape index (κ1) is 11.5. The summed E-state index contributed by atoms with van der Waals surface area (Å²) in [6.45, 7) is 0. The second-order valence-electron chi connectivity index (χ2n) is 4.27. The van der Waals surface area contributed by atoms with Crippen LogP contribution in [0, 0.1) is 5.92 Å². The van der Waals surface area contributed by atoms with Crippen LogP contribution in [0.2, 0.25) is 0 Å². The number of hydrogen-bond acceptors (Lipinski definition) is 5. The number of aromatic nitrogens is 2. The molecule has 0 amide bonds. The Balaban J connectivity index is 2.06. The summed E-state index contributed by atoms with van der Waals surface area (Å²) in [4.78, 5) is 16.4. The highest BCUT2D eigenvalue weighted by Gasteiger charge is 2.33. The quantitative estimate of drug-likeness (QED) is 0.624. The molecule has 1 aliphatic rings. The van der Waals surface area contributed by atoms with Gasteiger partial charge in [-0.2, -0.15) is 0 Å². The molecule has 2 heterocycles. The second-order valence-corrected chi connectivity index (χ2v) is 5.06. The summed E-state index contributed by atoms with van der Waals surface area (Å²) in [7, 11) is 0. The minimum atomic E-state index is 0.141. The van der Waals surface area contributed by atoms with Crippen LogP contribution in [0.3, 0.4) is 0 Å². The Morgan fingerprint density at radius 1 is 1.50 bits per heavy atom. The highest BCUT2D eigenvalue weighted by molar-refractivity contribution is 7.98. The van der Waals surface area contributed by atoms with Gasteiger partial charge < -0.3 is 4.52 Å². The van der Waals surface area contributed by atoms with Gasteiger partial charge in [-0.15, -0.1) is 11.8 Å². The molecule has 0 atom stereocenters. The number of pyridine rings is 1. The molecule has 0 aromatic carbocycles. The van der Waals surface area contributed by atoms with Crippen LogP contribution in [0.15, 0.2) is 34.1 Å². The molecule has 0 N–H and O–H groups in total. The van der Waals surface area contributed by atoms with Crippen molar-refractivity contribution in [1.29, 1.82) is 0 Å². The van der Waals surface area contributed by atoms with Crippen LogP contribution in [-0.2, 0) is 0 Å². The molecule has 2 aromatic rings. The monoisotopic (exact) mass is 260 g/mol. The predicted molar refractivity (Wildman–Crippen MR) is 68.6 cm³/mol. The van der Waals surface area contributed by atoms with Crippen LogP contribution in [0.25, 0.3) is 11.3 Å². The maximum atomic E-state index is 12.1. The topological polar surface area (TPSA) is 56.0 Å². The Morgan fingerprint density at radius 3 is 3.06 bits per heavy atom. The number of hydrogen-bond donors (Lipinski definition) is 0. The van der Waals surface area contributed by atoms with Crippen molar-refractivity contribution in [3.8, 4) is 11.3 Å². The zero-order valence-corrected chi connectivity index (χ0v) is 10.7. The molecule has 0 saturated heterocycles. The fraction of sp³-hybridized carbons (Fsp3) is 0.308. The van der Waals surface area contributed by atoms with E-state index in [4.69, 9.17) is 4.52 Å². The van der Waals surface area contributed by atoms with Crippen LogP contribution in [0.1, 0.15) is 23.2 Å². The van der Waals surface area contributed by atoms with Crippen molar-refractivity contribution in [2.24, 2.45) is 5.92 Å². The Hall–Kier alpha value is -1.62. The standard InChI is InChI=1S/C13H12N2O2S/c1-18-13-9(3-2-6-14-13)12-10(7-15-17-12)11(16)8-4-5-8/h2-3,6-8H,4-5H2,1H3. The van der Waals surface area contributed by atoms with Crippen molar-refractivity contribution < 1.29 is 9.32 Å². The molecule has 3 rings (SSSR count). The van der Waals surface area contributed by atoms with E-state index >= 15 is 0 Å². The summed E-state index contributed by atoms with van der Waals surface area (Å²) in [5.41, 5.74) is 1.42. The Bertz CT molecular complexity index is 590. The van der Waals surface area contributed by atoms with Gasteiger partial charge >= 0.3 is 0 Å². The lowest BCUT2D eigenvalue weighted by Crippen LogP contribution is -2.01. The Morgan fingerprint density at radius 2 is 2.33 bits per heavy atom. The molecule has 0 unspecified atom stereocenters. The minimum Gasteiger partial charge on any atom is -0.355 e. The average molecular weight is 260 g/mol. The minimum absolute atomic E-state index is 0.141. The number of Topliss-reactive ketones (excluding diaryl/α,β-unsaturated/α-hetero) is 1. The number of thioether (sulfide) groups is 1. The van der Waals surface area contributed by atoms with E-state index in [-0.39, 0.29) is 11.7 Å². The summed E-state index contributed by atoms with van der Waals surface area (Å²) in [5, 5.41) is 4.62. The van der Waals surface area contributed by atoms with Crippen molar-refractivity contribution in [2.75, 3.05) is 6.26 Å². The third-order valence-corrected chi connectivity index (χ3v) is 3.71. The molecule has 1 saturated carbocycles. The maximum Gasteiger partial charge on any atom is 0.180 e. The van der Waals surface area contributed by atoms with Crippen LogP contribution < -0.4 is 0 Å². The molecule has 1 aliphatic carbocycles. The summed E-state index contributed by atoms with van der Waals surface area (Å²) in [5.74, 6) is 0.851. The van der Waals surface area contributed by atoms with Gasteiger partial charge in [0, 0.05) is 12.1 Å². The summed E-state index contributed by atoms with van der Waals surface area (Å²) in [6, 6.07) is 3.74. The van der Waals surface area contributed by atoms with Crippen LogP contribution >= 0.6 is 11.8 Å². The Kier molecular flexibility index (Phi) is 2.91. The number of rotatable bonds is 4. The molecule has 2 aromatic heterocycles. The van der Waals surface area contributed by atoms with E-state index in [0.29, 0.717) is 11.3 Å². The molecular weight excluding hydrogens is 248 g/mol. The van der Waals surface area contributed by atoms with E-state index in [2.05, 4.69) is 10.1 Å². The van der Waals surface area contributed by atoms with Crippen LogP contribution in [0.5, 0.6) is 0 Å². The molecule has 0 aliphatic heterocycles. The molecule has 92 valence electrons. The second kappa shape index (κ2) is 4.57. The average Bonchev–Trinajstić information content (AvgIpc) is 3.15. The van der Waals surface area contributed by atoms with E-state index in [1.165, 1.54) is 18.0 Å². The zero-order valence-electron chi connectivity index (χ0n) is 9.92. The fourth-order valence-corrected chi connectivity index (χ4v) is 2.45. The van der Waals surface area contributed by atoms with Crippen LogP contribution in [0.4, 0.5) is 0 Å². The van der Waals surface area contributed by atoms with Gasteiger partial charge in [-0.05, 0) is 31.2 Å². The normalized spacial score (nSPS) is 14.7. The molecule has 4 nitrogen and oxygen atoms in total. The lowest BCUT2D eigenvalue weighted by atomic mass is 10.1. The van der Waals surface area contributed by atoms with Gasteiger partial charge in [0.1, 0.15) is 5.03 Å². The van der Waals surface area contributed by atoms with E-state index in [1.54, 1.807) is 6.20 Å². The number of carbonyl (C=O) groups excluding carboxylic acids is 1. The van der Waals surface area contributed by atoms with Crippen molar-refractivity contribution in [1.82, 2.24) is 10.1 Å². The van der Waals surface area contributed by atoms with Gasteiger partial charge in [0.15, 0.2) is 11.5 Å². The highest BCUT2D eigenvalue weighted by Crippen LogP contribution is 2.37. The third-order valence-electron chi connectivity index (χ3n) is 2.99.